The van der Waals surface area contributed by atoms with Crippen LogP contribution >= 0.6 is 0 Å². The van der Waals surface area contributed by atoms with E-state index in [2.05, 4.69) is 4.98 Å². The Kier molecular flexibility index (Phi) is 4.37. The molecule has 1 aromatic rings. The van der Waals surface area contributed by atoms with Crippen LogP contribution < -0.4 is 0 Å². The average Bonchev–Trinajstić information content (AvgIpc) is 2.39. The molecular weight excluding hydrogens is 254 g/mol. The Morgan fingerprint density at radius 1 is 1.25 bits per heavy atom. The Morgan fingerprint density at radius 2 is 1.90 bits per heavy atom. The molecule has 20 heavy (non-hydrogen) atoms. The predicted molar refractivity (Wildman–Crippen MR) is 76.5 cm³/mol. The van der Waals surface area contributed by atoms with Crippen LogP contribution in [0.3, 0.4) is 0 Å². The van der Waals surface area contributed by atoms with Gasteiger partial charge in [-0.05, 0) is 32.4 Å². The fourth-order valence-electron chi connectivity index (χ4n) is 2.53. The van der Waals surface area contributed by atoms with Crippen molar-refractivity contribution in [2.24, 2.45) is 0 Å². The van der Waals surface area contributed by atoms with Crippen LogP contribution in [0.5, 0.6) is 0 Å². The van der Waals surface area contributed by atoms with E-state index in [4.69, 9.17) is 0 Å². The SMILES string of the molecule is CCCN1CCN(C(=O)c2cc(C)nc(C)c2)CC1=O. The third-order valence-corrected chi connectivity index (χ3v) is 3.43. The van der Waals surface area contributed by atoms with Gasteiger partial charge in [-0.1, -0.05) is 6.92 Å². The molecule has 2 amide bonds. The number of carbonyl (C=O) groups excluding carboxylic acids is 2. The number of nitrogens with zero attached hydrogens (tertiary/aromatic N) is 3. The number of rotatable bonds is 3. The lowest BCUT2D eigenvalue weighted by Crippen LogP contribution is -2.52. The zero-order valence-electron chi connectivity index (χ0n) is 12.3. The zero-order chi connectivity index (χ0) is 14.7. The first-order chi connectivity index (χ1) is 9.51. The molecule has 5 heteroatoms. The quantitative estimate of drug-likeness (QED) is 0.837. The fraction of sp³-hybridized carbons (Fsp3) is 0.533. The van der Waals surface area contributed by atoms with Gasteiger partial charge in [0.15, 0.2) is 0 Å². The Morgan fingerprint density at radius 3 is 2.45 bits per heavy atom. The van der Waals surface area contributed by atoms with Crippen LogP contribution in [0.1, 0.15) is 35.1 Å². The van der Waals surface area contributed by atoms with Gasteiger partial charge >= 0.3 is 0 Å². The monoisotopic (exact) mass is 275 g/mol. The molecule has 1 aliphatic heterocycles. The molecule has 0 radical (unpaired) electrons. The van der Waals surface area contributed by atoms with E-state index >= 15 is 0 Å². The van der Waals surface area contributed by atoms with Gasteiger partial charge < -0.3 is 9.80 Å². The van der Waals surface area contributed by atoms with Gasteiger partial charge in [-0.15, -0.1) is 0 Å². The van der Waals surface area contributed by atoms with Crippen LogP contribution in [0.15, 0.2) is 12.1 Å². The molecule has 0 aliphatic carbocycles. The largest absolute Gasteiger partial charge is 0.339 e. The van der Waals surface area contributed by atoms with Crippen LogP contribution in [0, 0.1) is 13.8 Å². The average molecular weight is 275 g/mol. The second-order valence-electron chi connectivity index (χ2n) is 5.25. The van der Waals surface area contributed by atoms with Gasteiger partial charge in [0.2, 0.25) is 5.91 Å². The maximum absolute atomic E-state index is 12.4. The highest BCUT2D eigenvalue weighted by atomic mass is 16.2. The van der Waals surface area contributed by atoms with Crippen molar-refractivity contribution < 1.29 is 9.59 Å². The lowest BCUT2D eigenvalue weighted by molar-refractivity contribution is -0.135. The molecular formula is C15H21N3O2. The first kappa shape index (κ1) is 14.5. The third kappa shape index (κ3) is 3.15. The molecule has 1 aromatic heterocycles. The molecule has 0 atom stereocenters. The molecule has 0 unspecified atom stereocenters. The van der Waals surface area contributed by atoms with E-state index in [-0.39, 0.29) is 18.4 Å². The normalized spacial score (nSPS) is 15.7. The number of pyridine rings is 1. The summed E-state index contributed by atoms with van der Waals surface area (Å²) in [6, 6.07) is 3.55. The van der Waals surface area contributed by atoms with Crippen LogP contribution in [0.25, 0.3) is 0 Å². The van der Waals surface area contributed by atoms with Crippen LogP contribution in [-0.4, -0.2) is 52.8 Å². The van der Waals surface area contributed by atoms with Crippen molar-refractivity contribution in [2.45, 2.75) is 27.2 Å². The summed E-state index contributed by atoms with van der Waals surface area (Å²) in [5.41, 5.74) is 2.26. The lowest BCUT2D eigenvalue weighted by atomic mass is 10.1. The van der Waals surface area contributed by atoms with Crippen LogP contribution in [-0.2, 0) is 4.79 Å². The molecule has 1 fully saturated rings. The fourth-order valence-corrected chi connectivity index (χ4v) is 2.53. The molecule has 5 nitrogen and oxygen atoms in total. The van der Waals surface area contributed by atoms with Gasteiger partial charge in [-0.3, -0.25) is 14.6 Å². The maximum atomic E-state index is 12.4. The molecule has 0 N–H and O–H groups in total. The van der Waals surface area contributed by atoms with Crippen molar-refractivity contribution in [2.75, 3.05) is 26.2 Å². The zero-order valence-corrected chi connectivity index (χ0v) is 12.3. The van der Waals surface area contributed by atoms with E-state index in [0.29, 0.717) is 18.7 Å². The Labute approximate surface area is 119 Å². The number of piperazine rings is 1. The summed E-state index contributed by atoms with van der Waals surface area (Å²) in [5, 5.41) is 0. The topological polar surface area (TPSA) is 53.5 Å². The summed E-state index contributed by atoms with van der Waals surface area (Å²) in [4.78, 5) is 32.1. The van der Waals surface area contributed by atoms with Crippen molar-refractivity contribution >= 4 is 11.8 Å². The summed E-state index contributed by atoms with van der Waals surface area (Å²) in [6.07, 6.45) is 0.947. The molecule has 0 saturated carbocycles. The van der Waals surface area contributed by atoms with Gasteiger partial charge in [0.25, 0.3) is 5.91 Å². The van der Waals surface area contributed by atoms with Gasteiger partial charge in [0.1, 0.15) is 6.54 Å². The molecule has 0 bridgehead atoms. The number of hydrogen-bond donors (Lipinski definition) is 0. The van der Waals surface area contributed by atoms with Crippen molar-refractivity contribution in [3.05, 3.63) is 29.1 Å². The minimum absolute atomic E-state index is 0.0361. The number of amides is 2. The number of aromatic nitrogens is 1. The summed E-state index contributed by atoms with van der Waals surface area (Å²) >= 11 is 0. The first-order valence-corrected chi connectivity index (χ1v) is 7.03. The second-order valence-corrected chi connectivity index (χ2v) is 5.25. The molecule has 1 aliphatic rings. The van der Waals surface area contributed by atoms with Crippen molar-refractivity contribution in [1.82, 2.24) is 14.8 Å². The summed E-state index contributed by atoms with van der Waals surface area (Å²) < 4.78 is 0. The minimum Gasteiger partial charge on any atom is -0.339 e. The number of carbonyl (C=O) groups is 2. The first-order valence-electron chi connectivity index (χ1n) is 7.03. The third-order valence-electron chi connectivity index (χ3n) is 3.43. The highest BCUT2D eigenvalue weighted by molar-refractivity contribution is 5.97. The van der Waals surface area contributed by atoms with E-state index < -0.39 is 0 Å². The molecule has 0 aromatic carbocycles. The molecule has 0 spiro atoms. The molecule has 1 saturated heterocycles. The van der Waals surface area contributed by atoms with Gasteiger partial charge in [0.05, 0.1) is 0 Å². The smallest absolute Gasteiger partial charge is 0.254 e. The van der Waals surface area contributed by atoms with Crippen molar-refractivity contribution in [3.8, 4) is 0 Å². The van der Waals surface area contributed by atoms with Crippen molar-refractivity contribution in [1.29, 1.82) is 0 Å². The van der Waals surface area contributed by atoms with E-state index in [0.717, 1.165) is 24.4 Å². The van der Waals surface area contributed by atoms with Crippen LogP contribution in [0.4, 0.5) is 0 Å². The summed E-state index contributed by atoms with van der Waals surface area (Å²) in [7, 11) is 0. The Balaban J connectivity index is 2.09. The molecule has 2 heterocycles. The molecule has 2 rings (SSSR count). The second kappa shape index (κ2) is 6.03. The van der Waals surface area contributed by atoms with E-state index in [1.807, 2.05) is 25.7 Å². The highest BCUT2D eigenvalue weighted by Crippen LogP contribution is 2.12. The standard InChI is InChI=1S/C15H21N3O2/c1-4-5-17-6-7-18(10-14(17)19)15(20)13-8-11(2)16-12(3)9-13/h8-9H,4-7,10H2,1-3H3. The maximum Gasteiger partial charge on any atom is 0.254 e. The number of aryl methyl sites for hydroxylation is 2. The number of hydrogen-bond acceptors (Lipinski definition) is 3. The Hall–Kier alpha value is -1.91. The van der Waals surface area contributed by atoms with Crippen LogP contribution in [0.2, 0.25) is 0 Å². The lowest BCUT2D eigenvalue weighted by Gasteiger charge is -2.34. The minimum atomic E-state index is -0.0805. The van der Waals surface area contributed by atoms with Gasteiger partial charge in [-0.2, -0.15) is 0 Å². The van der Waals surface area contributed by atoms with E-state index in [1.165, 1.54) is 0 Å². The van der Waals surface area contributed by atoms with Gasteiger partial charge in [-0.25, -0.2) is 0 Å². The Bertz CT molecular complexity index is 508. The molecule has 108 valence electrons. The summed E-state index contributed by atoms with van der Waals surface area (Å²) in [6.45, 7) is 7.97. The van der Waals surface area contributed by atoms with E-state index in [9.17, 15) is 9.59 Å². The summed E-state index contributed by atoms with van der Waals surface area (Å²) in [5.74, 6) is -0.0444. The predicted octanol–water partition coefficient (Wildman–Crippen LogP) is 1.39. The van der Waals surface area contributed by atoms with Crippen molar-refractivity contribution in [3.63, 3.8) is 0 Å². The van der Waals surface area contributed by atoms with E-state index in [1.54, 1.807) is 17.0 Å². The van der Waals surface area contributed by atoms with Gasteiger partial charge in [0, 0.05) is 36.6 Å². The highest BCUT2D eigenvalue weighted by Gasteiger charge is 2.27.